The quantitative estimate of drug-likeness (QED) is 0.539. The Bertz CT molecular complexity index is 971. The zero-order valence-electron chi connectivity index (χ0n) is 12.9. The number of hydrogen-bond donors (Lipinski definition) is 3. The summed E-state index contributed by atoms with van der Waals surface area (Å²) in [6.45, 7) is 0.512. The fraction of sp³-hybridized carbons (Fsp3) is 0.0556. The molecule has 0 aliphatic carbocycles. The van der Waals surface area contributed by atoms with Crippen LogP contribution in [0.1, 0.15) is 5.56 Å². The Balaban J connectivity index is 1.80. The van der Waals surface area contributed by atoms with Crippen molar-refractivity contribution in [2.24, 2.45) is 5.73 Å². The van der Waals surface area contributed by atoms with Gasteiger partial charge in [0.15, 0.2) is 11.6 Å². The van der Waals surface area contributed by atoms with Gasteiger partial charge in [0.2, 0.25) is 0 Å². The Hall–Kier alpha value is -3.25. The van der Waals surface area contributed by atoms with E-state index in [1.165, 1.54) is 0 Å². The van der Waals surface area contributed by atoms with Crippen molar-refractivity contribution in [3.63, 3.8) is 0 Å². The third-order valence-corrected chi connectivity index (χ3v) is 3.90. The second-order valence-electron chi connectivity index (χ2n) is 5.49. The maximum absolute atomic E-state index is 6.02. The minimum absolute atomic E-state index is 0.344. The van der Waals surface area contributed by atoms with Crippen LogP contribution in [0.4, 0.5) is 5.82 Å². The second-order valence-corrected chi connectivity index (χ2v) is 5.49. The van der Waals surface area contributed by atoms with Crippen molar-refractivity contribution in [2.45, 2.75) is 6.54 Å². The molecule has 0 fully saturated rings. The first-order valence-electron chi connectivity index (χ1n) is 7.61. The summed E-state index contributed by atoms with van der Waals surface area (Å²) in [5, 5.41) is 0. The van der Waals surface area contributed by atoms with E-state index in [-0.39, 0.29) is 0 Å². The monoisotopic (exact) mass is 316 g/mol. The third-order valence-electron chi connectivity index (χ3n) is 3.90. The summed E-state index contributed by atoms with van der Waals surface area (Å²) in [5.74, 6) is 0.956. The summed E-state index contributed by atoms with van der Waals surface area (Å²) in [5.41, 5.74) is 16.8. The number of aromatic amines is 1. The third kappa shape index (κ3) is 2.49. The number of nitrogen functional groups attached to an aromatic ring is 1. The first-order valence-corrected chi connectivity index (χ1v) is 7.61. The Labute approximate surface area is 138 Å². The first-order chi connectivity index (χ1) is 11.7. The van der Waals surface area contributed by atoms with Gasteiger partial charge in [0, 0.05) is 12.1 Å². The molecule has 0 amide bonds. The summed E-state index contributed by atoms with van der Waals surface area (Å²) < 4.78 is 0. The molecule has 0 aliphatic heterocycles. The lowest BCUT2D eigenvalue weighted by Crippen LogP contribution is -2.00. The highest BCUT2D eigenvalue weighted by Gasteiger charge is 2.13. The van der Waals surface area contributed by atoms with E-state index in [0.29, 0.717) is 23.9 Å². The van der Waals surface area contributed by atoms with Gasteiger partial charge in [-0.1, -0.05) is 36.4 Å². The molecule has 0 unspecified atom stereocenters. The molecule has 4 rings (SSSR count). The normalized spacial score (nSPS) is 11.0. The molecule has 118 valence electrons. The summed E-state index contributed by atoms with van der Waals surface area (Å²) >= 11 is 0. The summed E-state index contributed by atoms with van der Waals surface area (Å²) in [7, 11) is 0. The van der Waals surface area contributed by atoms with Crippen LogP contribution < -0.4 is 11.5 Å². The van der Waals surface area contributed by atoms with E-state index < -0.39 is 0 Å². The van der Waals surface area contributed by atoms with Crippen LogP contribution in [0.15, 0.2) is 54.7 Å². The van der Waals surface area contributed by atoms with Crippen LogP contribution in [0.2, 0.25) is 0 Å². The molecule has 4 aromatic rings. The summed E-state index contributed by atoms with van der Waals surface area (Å²) in [6.07, 6.45) is 1.67. The van der Waals surface area contributed by atoms with Gasteiger partial charge in [0.05, 0.1) is 22.9 Å². The number of H-pyrrole nitrogens is 1. The zero-order valence-corrected chi connectivity index (χ0v) is 12.9. The molecule has 6 heteroatoms. The van der Waals surface area contributed by atoms with Crippen LogP contribution in [0.25, 0.3) is 33.8 Å². The smallest absolute Gasteiger partial charge is 0.161 e. The van der Waals surface area contributed by atoms with Crippen LogP contribution in [-0.2, 0) is 6.54 Å². The lowest BCUT2D eigenvalue weighted by Gasteiger charge is -2.06. The first kappa shape index (κ1) is 14.3. The van der Waals surface area contributed by atoms with E-state index in [0.717, 1.165) is 27.9 Å². The molecule has 2 aromatic heterocycles. The topological polar surface area (TPSA) is 106 Å². The van der Waals surface area contributed by atoms with E-state index in [9.17, 15) is 0 Å². The number of nitrogens with two attached hydrogens (primary N) is 2. The molecule has 0 aliphatic rings. The van der Waals surface area contributed by atoms with Crippen molar-refractivity contribution in [1.29, 1.82) is 0 Å². The molecule has 24 heavy (non-hydrogen) atoms. The number of rotatable bonds is 3. The molecule has 6 nitrogen and oxygen atoms in total. The van der Waals surface area contributed by atoms with Gasteiger partial charge in [-0.15, -0.1) is 0 Å². The molecule has 0 atom stereocenters. The number of fused-ring (bicyclic) bond motifs is 1. The minimum Gasteiger partial charge on any atom is -0.382 e. The van der Waals surface area contributed by atoms with Crippen LogP contribution in [0.5, 0.6) is 0 Å². The van der Waals surface area contributed by atoms with Gasteiger partial charge >= 0.3 is 0 Å². The zero-order chi connectivity index (χ0) is 16.5. The van der Waals surface area contributed by atoms with Gasteiger partial charge in [0.25, 0.3) is 0 Å². The highest BCUT2D eigenvalue weighted by atomic mass is 15.0. The maximum atomic E-state index is 6.02. The Morgan fingerprint density at radius 2 is 1.75 bits per heavy atom. The van der Waals surface area contributed by atoms with Gasteiger partial charge < -0.3 is 16.5 Å². The Morgan fingerprint density at radius 3 is 2.50 bits per heavy atom. The standard InChI is InChI=1S/C18H16N6/c19-9-11-5-7-12(8-6-11)15-10-21-17(20)16(22-15)18-23-13-3-1-2-4-14(13)24-18/h1-8,10H,9,19H2,(H2,20,21)(H,23,24). The molecule has 2 aromatic carbocycles. The highest BCUT2D eigenvalue weighted by molar-refractivity contribution is 5.80. The van der Waals surface area contributed by atoms with Gasteiger partial charge in [0.1, 0.15) is 5.69 Å². The van der Waals surface area contributed by atoms with Gasteiger partial charge in [-0.2, -0.15) is 0 Å². The van der Waals surface area contributed by atoms with E-state index in [1.807, 2.05) is 48.5 Å². The number of nitrogens with one attached hydrogen (secondary N) is 1. The Kier molecular flexibility index (Phi) is 3.44. The van der Waals surface area contributed by atoms with Crippen LogP contribution in [0, 0.1) is 0 Å². The molecule has 0 radical (unpaired) electrons. The van der Waals surface area contributed by atoms with E-state index in [1.54, 1.807) is 6.20 Å². The number of aromatic nitrogens is 4. The number of imidazole rings is 1. The fourth-order valence-corrected chi connectivity index (χ4v) is 2.59. The van der Waals surface area contributed by atoms with Crippen molar-refractivity contribution in [1.82, 2.24) is 19.9 Å². The maximum Gasteiger partial charge on any atom is 0.161 e. The average Bonchev–Trinajstić information content (AvgIpc) is 3.06. The number of benzene rings is 2. The minimum atomic E-state index is 0.344. The largest absolute Gasteiger partial charge is 0.382 e. The van der Waals surface area contributed by atoms with Gasteiger partial charge in [-0.05, 0) is 17.7 Å². The van der Waals surface area contributed by atoms with Crippen LogP contribution in [-0.4, -0.2) is 19.9 Å². The number of hydrogen-bond acceptors (Lipinski definition) is 5. The van der Waals surface area contributed by atoms with Crippen molar-refractivity contribution in [3.05, 3.63) is 60.3 Å². The summed E-state index contributed by atoms with van der Waals surface area (Å²) in [6, 6.07) is 15.7. The lowest BCUT2D eigenvalue weighted by molar-refractivity contribution is 1.07. The molecule has 0 saturated carbocycles. The van der Waals surface area contributed by atoms with Crippen LogP contribution in [0.3, 0.4) is 0 Å². The predicted octanol–water partition coefficient (Wildman–Crippen LogP) is 2.73. The van der Waals surface area contributed by atoms with E-state index >= 15 is 0 Å². The molecule has 2 heterocycles. The summed E-state index contributed by atoms with van der Waals surface area (Å²) in [4.78, 5) is 16.7. The van der Waals surface area contributed by atoms with Crippen LogP contribution >= 0.6 is 0 Å². The Morgan fingerprint density at radius 1 is 0.958 bits per heavy atom. The van der Waals surface area contributed by atoms with Gasteiger partial charge in [-0.3, -0.25) is 0 Å². The second kappa shape index (κ2) is 5.75. The van der Waals surface area contributed by atoms with Gasteiger partial charge in [-0.25, -0.2) is 15.0 Å². The van der Waals surface area contributed by atoms with Crippen molar-refractivity contribution < 1.29 is 0 Å². The molecular weight excluding hydrogens is 300 g/mol. The van der Waals surface area contributed by atoms with Crippen molar-refractivity contribution >= 4 is 16.9 Å². The lowest BCUT2D eigenvalue weighted by atomic mass is 10.1. The molecular formula is C18H16N6. The van der Waals surface area contributed by atoms with Crippen molar-refractivity contribution in [3.8, 4) is 22.8 Å². The number of para-hydroxylation sites is 2. The molecule has 0 saturated heterocycles. The average molecular weight is 316 g/mol. The van der Waals surface area contributed by atoms with E-state index in [2.05, 4.69) is 19.9 Å². The highest BCUT2D eigenvalue weighted by Crippen LogP contribution is 2.26. The molecule has 0 spiro atoms. The SMILES string of the molecule is NCc1ccc(-c2cnc(N)c(-c3nc4ccccc4[nH]3)n2)cc1. The predicted molar refractivity (Wildman–Crippen MR) is 94.9 cm³/mol. The number of nitrogens with zero attached hydrogens (tertiary/aromatic N) is 3. The van der Waals surface area contributed by atoms with E-state index in [4.69, 9.17) is 11.5 Å². The number of anilines is 1. The molecule has 0 bridgehead atoms. The molecule has 5 N–H and O–H groups in total. The fourth-order valence-electron chi connectivity index (χ4n) is 2.59. The van der Waals surface area contributed by atoms with Crippen molar-refractivity contribution in [2.75, 3.05) is 5.73 Å².